The molecule has 0 saturated heterocycles. The van der Waals surface area contributed by atoms with Crippen LogP contribution in [-0.2, 0) is 36.5 Å². The fourth-order valence-corrected chi connectivity index (χ4v) is 6.45. The van der Waals surface area contributed by atoms with E-state index in [-0.39, 0.29) is 52.6 Å². The molecule has 2 amide bonds. The van der Waals surface area contributed by atoms with E-state index in [1.807, 2.05) is 55.5 Å². The number of nitrogen functional groups attached to an aromatic ring is 1. The summed E-state index contributed by atoms with van der Waals surface area (Å²) < 4.78 is 26.2. The third-order valence-corrected chi connectivity index (χ3v) is 9.89. The van der Waals surface area contributed by atoms with E-state index in [9.17, 15) is 29.1 Å². The van der Waals surface area contributed by atoms with Crippen LogP contribution < -0.4 is 30.3 Å². The number of nitrogens with two attached hydrogens (primary N) is 1. The molecule has 6 N–H and O–H groups in total. The Morgan fingerprint density at radius 2 is 1.61 bits per heavy atom. The monoisotopic (exact) mass is 961 g/mol. The third kappa shape index (κ3) is 16.9. The first-order chi connectivity index (χ1) is 29.3. The molecule has 4 aromatic rings. The first kappa shape index (κ1) is 53.5. The topological polar surface area (TPSA) is 244 Å². The van der Waals surface area contributed by atoms with Crippen molar-refractivity contribution in [2.24, 2.45) is 0 Å². The zero-order chi connectivity index (χ0) is 46.6. The number of carboxylic acids is 1. The molecule has 0 spiro atoms. The van der Waals surface area contributed by atoms with E-state index in [1.165, 1.54) is 12.1 Å². The molecule has 17 nitrogen and oxygen atoms in total. The van der Waals surface area contributed by atoms with Gasteiger partial charge in [0, 0.05) is 13.2 Å². The summed E-state index contributed by atoms with van der Waals surface area (Å²) in [5.74, 6) is -0.0828. The van der Waals surface area contributed by atoms with Crippen molar-refractivity contribution >= 4 is 94.5 Å². The molecule has 0 aliphatic carbocycles. The van der Waals surface area contributed by atoms with Gasteiger partial charge in [0.15, 0.2) is 4.84 Å². The molecule has 0 fully saturated rings. The van der Waals surface area contributed by atoms with Crippen LogP contribution >= 0.6 is 54.0 Å². The molecule has 1 atom stereocenters. The number of hydrogen-bond donors (Lipinski definition) is 5. The minimum Gasteiger partial charge on any atom is -0.489 e. The maximum Gasteiger partial charge on any atom is 0.339 e. The maximum absolute atomic E-state index is 12.0. The summed E-state index contributed by atoms with van der Waals surface area (Å²) in [4.78, 5) is 62.2. The third-order valence-electron chi connectivity index (χ3n) is 8.26. The quantitative estimate of drug-likeness (QED) is 0.0201. The first-order valence-electron chi connectivity index (χ1n) is 18.5. The number of hydrogen-bond acceptors (Lipinski definition) is 11. The van der Waals surface area contributed by atoms with Gasteiger partial charge in [0.1, 0.15) is 47.2 Å². The number of ether oxygens (including phenoxy) is 3. The highest BCUT2D eigenvalue weighted by molar-refractivity contribution is 7.51. The van der Waals surface area contributed by atoms with Gasteiger partial charge in [0.25, 0.3) is 11.6 Å². The standard InChI is InChI=1S/C14H20ClNO2.C12H9ClN2O3.C11H11Cl2NO2.C3H8NO5P/c1-4-11-7-6-8-12(5-2)14(11)16(10-18-3)13(17)9-15;13-11-10(18-8-4-2-1-3-5-8)7-6-9(12(11)14)15(16)17;1-7-6-16-9-5-3-2-4-8(9)14(7)11(15)10(12)13;5-3(6)1-4-2-10(7,8)9/h6-8H,4-5,9-10H2,1-3H3;1-7H,14H2;2-5,7,10H,6H2,1H3;4H,1-2H2,(H,5,6)(H2,7,8,9). The highest BCUT2D eigenvalue weighted by Crippen LogP contribution is 2.39. The van der Waals surface area contributed by atoms with Gasteiger partial charge in [-0.05, 0) is 61.2 Å². The van der Waals surface area contributed by atoms with Crippen molar-refractivity contribution in [1.29, 1.82) is 0 Å². The molecule has 0 saturated carbocycles. The Balaban J connectivity index is 0.000000291. The minimum atomic E-state index is -4.10. The van der Waals surface area contributed by atoms with Crippen molar-refractivity contribution in [2.75, 3.05) is 54.7 Å². The Morgan fingerprint density at radius 3 is 2.13 bits per heavy atom. The van der Waals surface area contributed by atoms with Crippen LogP contribution in [0, 0.1) is 10.1 Å². The zero-order valence-corrected chi connectivity index (χ0v) is 38.0. The number of rotatable bonds is 14. The number of amides is 2. The van der Waals surface area contributed by atoms with Crippen LogP contribution in [0.5, 0.6) is 17.2 Å². The van der Waals surface area contributed by atoms with E-state index in [4.69, 9.17) is 81.2 Å². The Labute approximate surface area is 378 Å². The number of nitro groups is 1. The highest BCUT2D eigenvalue weighted by atomic mass is 35.5. The molecule has 0 radical (unpaired) electrons. The average Bonchev–Trinajstić information content (AvgIpc) is 3.24. The second kappa shape index (κ2) is 26.7. The fraction of sp³-hybridized carbons (Fsp3) is 0.325. The van der Waals surface area contributed by atoms with Crippen LogP contribution in [0.15, 0.2) is 84.9 Å². The number of carbonyl (C=O) groups is 3. The molecule has 1 unspecified atom stereocenters. The molecule has 5 rings (SSSR count). The summed E-state index contributed by atoms with van der Waals surface area (Å²) in [5, 5.41) is 20.8. The fourth-order valence-electron chi connectivity index (χ4n) is 5.49. The van der Waals surface area contributed by atoms with Gasteiger partial charge in [-0.25, -0.2) is 0 Å². The number of anilines is 3. The van der Waals surface area contributed by atoms with Crippen LogP contribution in [0.3, 0.4) is 0 Å². The number of methoxy groups -OCH3 is 1. The number of alkyl halides is 3. The maximum atomic E-state index is 12.0. The molecule has 1 aliphatic heterocycles. The van der Waals surface area contributed by atoms with Crippen molar-refractivity contribution in [3.05, 3.63) is 111 Å². The SMILES string of the molecule is CC1COc2ccccc2N1C(=O)C(Cl)Cl.CCc1cccc(CC)c1N(COC)C(=O)CCl.Nc1c([N+](=O)[O-])ccc(Oc2ccccc2)c1Cl.O=C(O)CNCP(=O)(O)O. The number of carbonyl (C=O) groups excluding carboxylic acids is 2. The normalized spacial score (nSPS) is 12.8. The van der Waals surface area contributed by atoms with E-state index in [0.29, 0.717) is 18.1 Å². The van der Waals surface area contributed by atoms with Crippen molar-refractivity contribution in [1.82, 2.24) is 5.32 Å². The van der Waals surface area contributed by atoms with Crippen molar-refractivity contribution in [3.63, 3.8) is 0 Å². The largest absolute Gasteiger partial charge is 0.489 e. The number of nitrogens with one attached hydrogen (secondary N) is 1. The van der Waals surface area contributed by atoms with Crippen LogP contribution in [0.2, 0.25) is 5.02 Å². The van der Waals surface area contributed by atoms with Gasteiger partial charge in [-0.1, -0.05) is 97.2 Å². The van der Waals surface area contributed by atoms with Crippen LogP contribution in [-0.4, -0.2) is 87.6 Å². The summed E-state index contributed by atoms with van der Waals surface area (Å²) in [6.45, 7) is 6.29. The van der Waals surface area contributed by atoms with E-state index in [2.05, 4.69) is 19.2 Å². The second-order valence-corrected chi connectivity index (χ2v) is 16.2. The van der Waals surface area contributed by atoms with E-state index >= 15 is 0 Å². The lowest BCUT2D eigenvalue weighted by Crippen LogP contribution is -2.47. The van der Waals surface area contributed by atoms with Crippen LogP contribution in [0.25, 0.3) is 0 Å². The Bertz CT molecular complexity index is 2130. The number of fused-ring (bicyclic) bond motifs is 1. The van der Waals surface area contributed by atoms with E-state index < -0.39 is 36.2 Å². The second-order valence-electron chi connectivity index (χ2n) is 12.8. The van der Waals surface area contributed by atoms with E-state index in [1.54, 1.807) is 41.2 Å². The first-order valence-corrected chi connectivity index (χ1v) is 22.1. The summed E-state index contributed by atoms with van der Waals surface area (Å²) in [6, 6.07) is 25.0. The number of nitrogens with zero attached hydrogens (tertiary/aromatic N) is 3. The van der Waals surface area contributed by atoms with E-state index in [0.717, 1.165) is 35.3 Å². The number of carboxylic acid groups (broad SMARTS) is 1. The molecule has 1 heterocycles. The molecular formula is C40H48Cl4N5O12P. The number of benzene rings is 4. The predicted octanol–water partition coefficient (Wildman–Crippen LogP) is 8.01. The van der Waals surface area contributed by atoms with Gasteiger partial charge in [-0.3, -0.25) is 39.3 Å². The lowest BCUT2D eigenvalue weighted by Gasteiger charge is -2.35. The average molecular weight is 964 g/mol. The van der Waals surface area contributed by atoms with Crippen molar-refractivity contribution in [2.45, 2.75) is 44.5 Å². The van der Waals surface area contributed by atoms with Gasteiger partial charge >= 0.3 is 13.6 Å². The Kier molecular flexibility index (Phi) is 23.0. The zero-order valence-electron chi connectivity index (χ0n) is 34.1. The van der Waals surface area contributed by atoms with Crippen molar-refractivity contribution in [3.8, 4) is 17.2 Å². The molecule has 1 aliphatic rings. The summed E-state index contributed by atoms with van der Waals surface area (Å²) in [5.41, 5.74) is 9.21. The summed E-state index contributed by atoms with van der Waals surface area (Å²) >= 11 is 22.9. The Hall–Kier alpha value is -4.68. The summed E-state index contributed by atoms with van der Waals surface area (Å²) in [7, 11) is -2.52. The van der Waals surface area contributed by atoms with Gasteiger partial charge in [0.2, 0.25) is 5.91 Å². The molecule has 0 bridgehead atoms. The highest BCUT2D eigenvalue weighted by Gasteiger charge is 2.32. The molecule has 62 heavy (non-hydrogen) atoms. The molecule has 0 aromatic heterocycles. The smallest absolute Gasteiger partial charge is 0.339 e. The Morgan fingerprint density at radius 1 is 1.02 bits per heavy atom. The van der Waals surface area contributed by atoms with Gasteiger partial charge < -0.3 is 39.7 Å². The lowest BCUT2D eigenvalue weighted by molar-refractivity contribution is -0.383. The number of aryl methyl sites for hydroxylation is 2. The van der Waals surface area contributed by atoms with Gasteiger partial charge in [0.05, 0.1) is 35.2 Å². The predicted molar refractivity (Wildman–Crippen MR) is 241 cm³/mol. The number of aliphatic carboxylic acids is 1. The number of nitro benzene ring substituents is 1. The minimum absolute atomic E-state index is 0.0352. The molecule has 338 valence electrons. The van der Waals surface area contributed by atoms with Gasteiger partial charge in [-0.2, -0.15) is 0 Å². The number of para-hydroxylation sites is 4. The summed E-state index contributed by atoms with van der Waals surface area (Å²) in [6.07, 6.45) is 1.15. The van der Waals surface area contributed by atoms with Crippen LogP contribution in [0.1, 0.15) is 31.9 Å². The molecule has 22 heteroatoms. The van der Waals surface area contributed by atoms with Crippen molar-refractivity contribution < 1.29 is 53.0 Å². The number of halogens is 4. The van der Waals surface area contributed by atoms with Crippen LogP contribution in [0.4, 0.5) is 22.7 Å². The lowest BCUT2D eigenvalue weighted by atomic mass is 10.0. The molecule has 4 aromatic carbocycles. The molecular weight excluding hydrogens is 915 g/mol. The van der Waals surface area contributed by atoms with Gasteiger partial charge in [-0.15, -0.1) is 11.6 Å².